The summed E-state index contributed by atoms with van der Waals surface area (Å²) in [5.74, 6) is -3.84. The number of thiophene rings is 1. The second-order valence-corrected chi connectivity index (χ2v) is 7.88. The van der Waals surface area contributed by atoms with Crippen molar-refractivity contribution >= 4 is 39.3 Å². The lowest BCUT2D eigenvalue weighted by Crippen LogP contribution is -2.34. The molecule has 24 heavy (non-hydrogen) atoms. The van der Waals surface area contributed by atoms with E-state index in [0.717, 1.165) is 24.6 Å². The second kappa shape index (κ2) is 7.73. The number of carboxylic acids is 1. The Morgan fingerprint density at radius 3 is 2.25 bits per heavy atom. The van der Waals surface area contributed by atoms with Crippen LogP contribution in [-0.2, 0) is 24.3 Å². The Kier molecular flexibility index (Phi) is 6.46. The molecule has 1 heterocycles. The van der Waals surface area contributed by atoms with Crippen molar-refractivity contribution in [2.75, 3.05) is 27.8 Å². The van der Waals surface area contributed by atoms with Gasteiger partial charge in [0.15, 0.2) is 0 Å². The Balaban J connectivity index is 3.36. The number of methoxy groups -OCH3 is 2. The lowest BCUT2D eigenvalue weighted by molar-refractivity contribution is -0.141. The first-order valence-electron chi connectivity index (χ1n) is 6.55. The molecule has 0 spiro atoms. The molecule has 0 aliphatic heterocycles. The molecule has 0 aliphatic rings. The van der Waals surface area contributed by atoms with E-state index in [9.17, 15) is 22.8 Å². The summed E-state index contributed by atoms with van der Waals surface area (Å²) in [6, 6.07) is 1.01. The van der Waals surface area contributed by atoms with E-state index in [4.69, 9.17) is 5.11 Å². The largest absolute Gasteiger partial charge is 0.481 e. The molecule has 0 fully saturated rings. The van der Waals surface area contributed by atoms with Crippen LogP contribution in [-0.4, -0.2) is 63.5 Å². The third-order valence-electron chi connectivity index (χ3n) is 3.10. The van der Waals surface area contributed by atoms with E-state index in [2.05, 4.69) is 9.47 Å². The molecule has 0 amide bonds. The van der Waals surface area contributed by atoms with Crippen LogP contribution >= 0.6 is 11.3 Å². The van der Waals surface area contributed by atoms with Gasteiger partial charge in [0, 0.05) is 13.6 Å². The number of rotatable bonds is 7. The van der Waals surface area contributed by atoms with E-state index >= 15 is 0 Å². The van der Waals surface area contributed by atoms with E-state index < -0.39 is 38.7 Å². The van der Waals surface area contributed by atoms with Gasteiger partial charge in [-0.15, -0.1) is 11.3 Å². The van der Waals surface area contributed by atoms with Gasteiger partial charge < -0.3 is 14.6 Å². The SMILES string of the molecule is COC(=O)c1cc(S(=O)(=O)N(C)CC(C)C(=O)O)c(C(=O)OC)s1. The average molecular weight is 379 g/mol. The number of ether oxygens (including phenoxy) is 2. The first-order valence-corrected chi connectivity index (χ1v) is 8.81. The highest BCUT2D eigenvalue weighted by molar-refractivity contribution is 7.89. The van der Waals surface area contributed by atoms with E-state index in [1.54, 1.807) is 0 Å². The lowest BCUT2D eigenvalue weighted by Gasteiger charge is -2.19. The Morgan fingerprint density at radius 1 is 1.25 bits per heavy atom. The van der Waals surface area contributed by atoms with Crippen molar-refractivity contribution in [1.29, 1.82) is 0 Å². The predicted molar refractivity (Wildman–Crippen MR) is 83.6 cm³/mol. The number of sulfonamides is 1. The van der Waals surface area contributed by atoms with Gasteiger partial charge in [-0.1, -0.05) is 6.92 Å². The fraction of sp³-hybridized carbons (Fsp3) is 0.462. The minimum atomic E-state index is -4.20. The summed E-state index contributed by atoms with van der Waals surface area (Å²) in [6.45, 7) is 1.05. The van der Waals surface area contributed by atoms with Gasteiger partial charge in [0.25, 0.3) is 0 Å². The maximum atomic E-state index is 12.6. The molecule has 134 valence electrons. The van der Waals surface area contributed by atoms with Crippen molar-refractivity contribution in [2.24, 2.45) is 5.92 Å². The molecule has 9 nitrogen and oxygen atoms in total. The Hall–Kier alpha value is -1.98. The van der Waals surface area contributed by atoms with E-state index in [-0.39, 0.29) is 16.3 Å². The van der Waals surface area contributed by atoms with Crippen molar-refractivity contribution in [1.82, 2.24) is 4.31 Å². The van der Waals surface area contributed by atoms with Gasteiger partial charge in [-0.25, -0.2) is 22.3 Å². The van der Waals surface area contributed by atoms with Crippen LogP contribution in [0, 0.1) is 5.92 Å². The minimum Gasteiger partial charge on any atom is -0.481 e. The van der Waals surface area contributed by atoms with Crippen LogP contribution in [0.2, 0.25) is 0 Å². The standard InChI is InChI=1S/C13H17NO8S2/c1-7(11(15)16)6-14(2)24(19,20)9-5-8(12(17)21-3)23-10(9)13(18)22-4/h5,7H,6H2,1-4H3,(H,15,16). The molecule has 0 aliphatic carbocycles. The normalized spacial score (nSPS) is 12.7. The molecule has 1 N–H and O–H groups in total. The molecular formula is C13H17NO8S2. The maximum absolute atomic E-state index is 12.6. The Morgan fingerprint density at radius 2 is 1.79 bits per heavy atom. The molecule has 1 unspecified atom stereocenters. The number of aliphatic carboxylic acids is 1. The van der Waals surface area contributed by atoms with Crippen molar-refractivity contribution in [3.8, 4) is 0 Å². The first kappa shape index (κ1) is 20.1. The lowest BCUT2D eigenvalue weighted by atomic mass is 10.2. The average Bonchev–Trinajstić information content (AvgIpc) is 2.98. The first-order chi connectivity index (χ1) is 11.1. The van der Waals surface area contributed by atoms with Crippen LogP contribution in [0.15, 0.2) is 11.0 Å². The molecule has 0 saturated heterocycles. The predicted octanol–water partition coefficient (Wildman–Crippen LogP) is 0.663. The fourth-order valence-corrected chi connectivity index (χ4v) is 4.48. The molecule has 0 saturated carbocycles. The molecular weight excluding hydrogens is 362 g/mol. The Labute approximate surface area is 142 Å². The van der Waals surface area contributed by atoms with E-state index in [0.29, 0.717) is 11.3 Å². The number of carbonyl (C=O) groups excluding carboxylic acids is 2. The molecule has 1 atom stereocenters. The molecule has 0 radical (unpaired) electrons. The van der Waals surface area contributed by atoms with E-state index in [1.165, 1.54) is 14.0 Å². The molecule has 0 aromatic carbocycles. The molecule has 11 heteroatoms. The van der Waals surface area contributed by atoms with Crippen LogP contribution in [0.3, 0.4) is 0 Å². The fourth-order valence-electron chi connectivity index (χ4n) is 1.73. The van der Waals surface area contributed by atoms with Gasteiger partial charge in [-0.2, -0.15) is 0 Å². The highest BCUT2D eigenvalue weighted by atomic mass is 32.2. The van der Waals surface area contributed by atoms with Crippen LogP contribution in [0.5, 0.6) is 0 Å². The van der Waals surface area contributed by atoms with Crippen LogP contribution in [0.4, 0.5) is 0 Å². The number of esters is 2. The highest BCUT2D eigenvalue weighted by Crippen LogP contribution is 2.30. The van der Waals surface area contributed by atoms with Crippen molar-refractivity contribution < 1.29 is 37.4 Å². The summed E-state index contributed by atoms with van der Waals surface area (Å²) in [7, 11) is -0.821. The molecule has 1 aromatic rings. The summed E-state index contributed by atoms with van der Waals surface area (Å²) in [5, 5.41) is 8.90. The minimum absolute atomic E-state index is 0.0869. The number of hydrogen-bond donors (Lipinski definition) is 1. The van der Waals surface area contributed by atoms with Gasteiger partial charge >= 0.3 is 17.9 Å². The zero-order chi connectivity index (χ0) is 18.7. The van der Waals surface area contributed by atoms with Gasteiger partial charge in [0.05, 0.1) is 20.1 Å². The third kappa shape index (κ3) is 4.10. The summed E-state index contributed by atoms with van der Waals surface area (Å²) in [5.41, 5.74) is 0. The second-order valence-electron chi connectivity index (χ2n) is 4.81. The highest BCUT2D eigenvalue weighted by Gasteiger charge is 2.33. The molecule has 0 bridgehead atoms. The maximum Gasteiger partial charge on any atom is 0.349 e. The smallest absolute Gasteiger partial charge is 0.349 e. The summed E-state index contributed by atoms with van der Waals surface area (Å²) in [6.07, 6.45) is 0. The summed E-state index contributed by atoms with van der Waals surface area (Å²) < 4.78 is 35.1. The van der Waals surface area contributed by atoms with Crippen molar-refractivity contribution in [2.45, 2.75) is 11.8 Å². The quantitative estimate of drug-likeness (QED) is 0.685. The third-order valence-corrected chi connectivity index (χ3v) is 6.17. The Bertz CT molecular complexity index is 752. The van der Waals surface area contributed by atoms with Gasteiger partial charge in [-0.05, 0) is 6.07 Å². The van der Waals surface area contributed by atoms with Crippen LogP contribution in [0.1, 0.15) is 26.3 Å². The van der Waals surface area contributed by atoms with Gasteiger partial charge in [0.1, 0.15) is 14.6 Å². The van der Waals surface area contributed by atoms with E-state index in [1.807, 2.05) is 0 Å². The van der Waals surface area contributed by atoms with Crippen LogP contribution in [0.25, 0.3) is 0 Å². The monoisotopic (exact) mass is 379 g/mol. The molecule has 1 rings (SSSR count). The van der Waals surface area contributed by atoms with Crippen LogP contribution < -0.4 is 0 Å². The number of nitrogens with zero attached hydrogens (tertiary/aromatic N) is 1. The topological polar surface area (TPSA) is 127 Å². The number of carboxylic acid groups (broad SMARTS) is 1. The zero-order valence-corrected chi connectivity index (χ0v) is 15.1. The van der Waals surface area contributed by atoms with Crippen molar-refractivity contribution in [3.05, 3.63) is 15.8 Å². The van der Waals surface area contributed by atoms with Crippen molar-refractivity contribution in [3.63, 3.8) is 0 Å². The summed E-state index contributed by atoms with van der Waals surface area (Å²) >= 11 is 0.623. The van der Waals surface area contributed by atoms with Gasteiger partial charge in [0.2, 0.25) is 10.0 Å². The number of hydrogen-bond acceptors (Lipinski definition) is 8. The molecule has 1 aromatic heterocycles. The number of carbonyl (C=O) groups is 3. The zero-order valence-electron chi connectivity index (χ0n) is 13.4. The summed E-state index contributed by atoms with van der Waals surface area (Å²) in [4.78, 5) is 33.5. The van der Waals surface area contributed by atoms with Gasteiger partial charge in [-0.3, -0.25) is 4.79 Å².